The van der Waals surface area contributed by atoms with Gasteiger partial charge >= 0.3 is 0 Å². The average Bonchev–Trinajstić information content (AvgIpc) is 2.87. The van der Waals surface area contributed by atoms with Crippen molar-refractivity contribution in [1.82, 2.24) is 4.57 Å². The summed E-state index contributed by atoms with van der Waals surface area (Å²) in [4.78, 5) is 0. The lowest BCUT2D eigenvalue weighted by molar-refractivity contribution is 0.776. The minimum absolute atomic E-state index is 0.770. The molecule has 1 fully saturated rings. The van der Waals surface area contributed by atoms with E-state index in [1.54, 1.807) is 0 Å². The van der Waals surface area contributed by atoms with Crippen molar-refractivity contribution in [2.45, 2.75) is 18.9 Å². The predicted octanol–water partition coefficient (Wildman–Crippen LogP) is 3.74. The summed E-state index contributed by atoms with van der Waals surface area (Å²) in [6, 6.07) is 9.43. The average molecular weight is 236 g/mol. The molecule has 0 bridgehead atoms. The van der Waals surface area contributed by atoms with Crippen molar-refractivity contribution in [3.63, 3.8) is 0 Å². The van der Waals surface area contributed by atoms with Crippen LogP contribution in [0, 0.1) is 0 Å². The van der Waals surface area contributed by atoms with Crippen LogP contribution < -0.4 is 0 Å². The minimum Gasteiger partial charge on any atom is -0.344 e. The highest BCUT2D eigenvalue weighted by molar-refractivity contribution is 9.10. The largest absolute Gasteiger partial charge is 0.344 e. The molecule has 1 heterocycles. The van der Waals surface area contributed by atoms with Gasteiger partial charge in [0.1, 0.15) is 0 Å². The summed E-state index contributed by atoms with van der Waals surface area (Å²) in [6.07, 6.45) is 4.89. The van der Waals surface area contributed by atoms with Gasteiger partial charge in [0.05, 0.1) is 0 Å². The van der Waals surface area contributed by atoms with Crippen molar-refractivity contribution in [3.05, 3.63) is 34.9 Å². The summed E-state index contributed by atoms with van der Waals surface area (Å²) in [5, 5.41) is 1.34. The normalized spacial score (nSPS) is 16.7. The van der Waals surface area contributed by atoms with Gasteiger partial charge in [-0.2, -0.15) is 0 Å². The van der Waals surface area contributed by atoms with Crippen molar-refractivity contribution in [2.75, 3.05) is 0 Å². The predicted molar refractivity (Wildman–Crippen MR) is 57.9 cm³/mol. The topological polar surface area (TPSA) is 4.93 Å². The SMILES string of the molecule is Brc1ccc2ccn(C3CC3)c2c1. The molecule has 66 valence electrons. The number of fused-ring (bicyclic) bond motifs is 1. The van der Waals surface area contributed by atoms with Gasteiger partial charge in [-0.1, -0.05) is 22.0 Å². The van der Waals surface area contributed by atoms with Gasteiger partial charge in [-0.05, 0) is 36.4 Å². The number of nitrogens with zero attached hydrogens (tertiary/aromatic N) is 1. The second-order valence-electron chi connectivity index (χ2n) is 3.66. The highest BCUT2D eigenvalue weighted by Crippen LogP contribution is 2.38. The van der Waals surface area contributed by atoms with E-state index in [9.17, 15) is 0 Å². The first kappa shape index (κ1) is 7.63. The summed E-state index contributed by atoms with van der Waals surface area (Å²) in [6.45, 7) is 0. The molecule has 0 atom stereocenters. The van der Waals surface area contributed by atoms with E-state index in [-0.39, 0.29) is 0 Å². The number of benzene rings is 1. The van der Waals surface area contributed by atoms with Crippen LogP contribution in [0.3, 0.4) is 0 Å². The Morgan fingerprint density at radius 3 is 2.85 bits per heavy atom. The van der Waals surface area contributed by atoms with Crippen LogP contribution in [0.25, 0.3) is 10.9 Å². The fourth-order valence-electron chi connectivity index (χ4n) is 1.79. The second-order valence-corrected chi connectivity index (χ2v) is 4.57. The number of hydrogen-bond donors (Lipinski definition) is 0. The molecule has 13 heavy (non-hydrogen) atoms. The van der Waals surface area contributed by atoms with E-state index in [0.717, 1.165) is 6.04 Å². The molecule has 0 aliphatic heterocycles. The molecular formula is C11H10BrN. The van der Waals surface area contributed by atoms with Crippen molar-refractivity contribution < 1.29 is 0 Å². The molecule has 1 aliphatic carbocycles. The van der Waals surface area contributed by atoms with Crippen LogP contribution in [-0.4, -0.2) is 4.57 Å². The zero-order valence-corrected chi connectivity index (χ0v) is 8.79. The third-order valence-corrected chi connectivity index (χ3v) is 3.12. The first-order valence-electron chi connectivity index (χ1n) is 4.61. The van der Waals surface area contributed by atoms with Gasteiger partial charge < -0.3 is 4.57 Å². The molecule has 2 heteroatoms. The maximum Gasteiger partial charge on any atom is 0.0494 e. The molecule has 0 saturated heterocycles. The molecule has 1 saturated carbocycles. The van der Waals surface area contributed by atoms with E-state index in [0.29, 0.717) is 0 Å². The van der Waals surface area contributed by atoms with E-state index < -0.39 is 0 Å². The van der Waals surface area contributed by atoms with Crippen molar-refractivity contribution in [1.29, 1.82) is 0 Å². The second kappa shape index (κ2) is 2.61. The third kappa shape index (κ3) is 1.20. The van der Waals surface area contributed by atoms with Crippen LogP contribution >= 0.6 is 15.9 Å². The van der Waals surface area contributed by atoms with Gasteiger partial charge in [-0.15, -0.1) is 0 Å². The Hall–Kier alpha value is -0.760. The minimum atomic E-state index is 0.770. The van der Waals surface area contributed by atoms with E-state index >= 15 is 0 Å². The third-order valence-electron chi connectivity index (χ3n) is 2.63. The molecule has 0 unspecified atom stereocenters. The number of halogens is 1. The maximum atomic E-state index is 3.51. The van der Waals surface area contributed by atoms with Crippen LogP contribution in [0.15, 0.2) is 34.9 Å². The highest BCUT2D eigenvalue weighted by Gasteiger charge is 2.24. The Balaban J connectivity index is 2.29. The fourth-order valence-corrected chi connectivity index (χ4v) is 2.14. The zero-order valence-electron chi connectivity index (χ0n) is 7.20. The number of hydrogen-bond acceptors (Lipinski definition) is 0. The molecule has 0 radical (unpaired) electrons. The van der Waals surface area contributed by atoms with Crippen LogP contribution in [0.4, 0.5) is 0 Å². The van der Waals surface area contributed by atoms with Gasteiger partial charge in [0, 0.05) is 22.2 Å². The maximum absolute atomic E-state index is 3.51. The smallest absolute Gasteiger partial charge is 0.0494 e. The Kier molecular flexibility index (Phi) is 1.53. The monoisotopic (exact) mass is 235 g/mol. The molecule has 1 aromatic heterocycles. The van der Waals surface area contributed by atoms with Crippen LogP contribution in [0.2, 0.25) is 0 Å². The molecule has 0 spiro atoms. The Labute approximate surface area is 85.5 Å². The molecular weight excluding hydrogens is 226 g/mol. The highest BCUT2D eigenvalue weighted by atomic mass is 79.9. The van der Waals surface area contributed by atoms with Gasteiger partial charge in [0.15, 0.2) is 0 Å². The Morgan fingerprint density at radius 2 is 2.08 bits per heavy atom. The molecule has 0 N–H and O–H groups in total. The summed E-state index contributed by atoms with van der Waals surface area (Å²) >= 11 is 3.51. The summed E-state index contributed by atoms with van der Waals surface area (Å²) < 4.78 is 3.56. The van der Waals surface area contributed by atoms with E-state index in [1.807, 2.05) is 0 Å². The molecule has 2 aromatic rings. The first-order valence-corrected chi connectivity index (χ1v) is 5.40. The molecule has 0 amide bonds. The van der Waals surface area contributed by atoms with Crippen LogP contribution in [0.5, 0.6) is 0 Å². The Bertz CT molecular complexity index is 454. The standard InChI is InChI=1S/C11H10BrN/c12-9-2-1-8-5-6-13(10-3-4-10)11(8)7-9/h1-2,5-7,10H,3-4H2. The van der Waals surface area contributed by atoms with Crippen LogP contribution in [0.1, 0.15) is 18.9 Å². The quantitative estimate of drug-likeness (QED) is 0.710. The molecule has 1 aromatic carbocycles. The van der Waals surface area contributed by atoms with Gasteiger partial charge in [-0.25, -0.2) is 0 Å². The number of rotatable bonds is 1. The van der Waals surface area contributed by atoms with Gasteiger partial charge in [0.2, 0.25) is 0 Å². The zero-order chi connectivity index (χ0) is 8.84. The van der Waals surface area contributed by atoms with Crippen molar-refractivity contribution >= 4 is 26.8 Å². The van der Waals surface area contributed by atoms with E-state index in [2.05, 4.69) is 51.0 Å². The Morgan fingerprint density at radius 1 is 1.23 bits per heavy atom. The molecule has 1 aliphatic rings. The van der Waals surface area contributed by atoms with E-state index in [4.69, 9.17) is 0 Å². The lowest BCUT2D eigenvalue weighted by Crippen LogP contribution is -1.89. The summed E-state index contributed by atoms with van der Waals surface area (Å²) in [5.74, 6) is 0. The van der Waals surface area contributed by atoms with E-state index in [1.165, 1.54) is 28.2 Å². The molecule has 1 nitrogen and oxygen atoms in total. The lowest BCUT2D eigenvalue weighted by Gasteiger charge is -2.01. The number of aromatic nitrogens is 1. The van der Waals surface area contributed by atoms with Crippen LogP contribution in [-0.2, 0) is 0 Å². The van der Waals surface area contributed by atoms with Crippen molar-refractivity contribution in [3.8, 4) is 0 Å². The van der Waals surface area contributed by atoms with Crippen molar-refractivity contribution in [2.24, 2.45) is 0 Å². The molecule has 3 rings (SSSR count). The summed E-state index contributed by atoms with van der Waals surface area (Å²) in [7, 11) is 0. The summed E-state index contributed by atoms with van der Waals surface area (Å²) in [5.41, 5.74) is 1.36. The van der Waals surface area contributed by atoms with Gasteiger partial charge in [0.25, 0.3) is 0 Å². The lowest BCUT2D eigenvalue weighted by atomic mass is 10.2. The van der Waals surface area contributed by atoms with Gasteiger partial charge in [-0.3, -0.25) is 0 Å². The fraction of sp³-hybridized carbons (Fsp3) is 0.273. The first-order chi connectivity index (χ1) is 6.34.